The number of ketones is 1. The van der Waals surface area contributed by atoms with Crippen LogP contribution in [-0.2, 0) is 11.2 Å². The molecule has 2 aromatic rings. The van der Waals surface area contributed by atoms with Gasteiger partial charge in [0.05, 0.1) is 17.6 Å². The predicted molar refractivity (Wildman–Crippen MR) is 123 cm³/mol. The van der Waals surface area contributed by atoms with Gasteiger partial charge in [0.2, 0.25) is 0 Å². The zero-order valence-corrected chi connectivity index (χ0v) is 19.8. The van der Waals surface area contributed by atoms with Crippen LogP contribution in [0.1, 0.15) is 41.9 Å². The Morgan fingerprint density at radius 2 is 2.00 bits per heavy atom. The van der Waals surface area contributed by atoms with E-state index in [0.717, 1.165) is 50.0 Å². The molecule has 0 bridgehead atoms. The van der Waals surface area contributed by atoms with Crippen LogP contribution in [0.3, 0.4) is 0 Å². The summed E-state index contributed by atoms with van der Waals surface area (Å²) in [6, 6.07) is 12.1. The number of carbonyl (C=O) groups excluding carboxylic acids is 1. The molecule has 0 spiro atoms. The van der Waals surface area contributed by atoms with E-state index >= 15 is 0 Å². The molecule has 4 nitrogen and oxygen atoms in total. The smallest absolute Gasteiger partial charge is 0.161 e. The normalized spacial score (nSPS) is 19.4. The molecule has 148 valence electrons. The number of halogens is 2. The molecule has 0 saturated carbocycles. The van der Waals surface area contributed by atoms with Crippen molar-refractivity contribution in [2.24, 2.45) is 5.73 Å². The minimum atomic E-state index is -0.393. The maximum absolute atomic E-state index is 13.1. The summed E-state index contributed by atoms with van der Waals surface area (Å²) in [5, 5.41) is 10.0. The number of hydrogen-bond acceptors (Lipinski definition) is 5. The molecule has 4 rings (SSSR count). The summed E-state index contributed by atoms with van der Waals surface area (Å²) in [4.78, 5) is 17.2. The Bertz CT molecular complexity index is 1090. The van der Waals surface area contributed by atoms with E-state index in [1.54, 1.807) is 11.3 Å². The molecule has 1 unspecified atom stereocenters. The van der Waals surface area contributed by atoms with E-state index in [0.29, 0.717) is 17.8 Å². The highest BCUT2D eigenvalue weighted by molar-refractivity contribution is 9.10. The minimum absolute atomic E-state index is 0.112. The van der Waals surface area contributed by atoms with E-state index in [2.05, 4.69) is 44.9 Å². The van der Waals surface area contributed by atoms with Crippen LogP contribution in [-0.4, -0.2) is 5.78 Å². The van der Waals surface area contributed by atoms with Crippen LogP contribution in [0.15, 0.2) is 61.9 Å². The van der Waals surface area contributed by atoms with Gasteiger partial charge in [-0.2, -0.15) is 5.26 Å². The van der Waals surface area contributed by atoms with Crippen molar-refractivity contribution in [3.8, 4) is 6.07 Å². The molecule has 0 fully saturated rings. The Labute approximate surface area is 191 Å². The van der Waals surface area contributed by atoms with Crippen molar-refractivity contribution in [1.29, 1.82) is 5.26 Å². The van der Waals surface area contributed by atoms with Crippen LogP contribution in [0.25, 0.3) is 0 Å². The fraction of sp³-hybridized carbons (Fsp3) is 0.273. The van der Waals surface area contributed by atoms with E-state index in [4.69, 9.17) is 5.73 Å². The Morgan fingerprint density at radius 1 is 1.28 bits per heavy atom. The van der Waals surface area contributed by atoms with Crippen molar-refractivity contribution in [3.63, 3.8) is 0 Å². The summed E-state index contributed by atoms with van der Waals surface area (Å²) in [7, 11) is 0. The van der Waals surface area contributed by atoms with E-state index in [9.17, 15) is 10.1 Å². The quantitative estimate of drug-likeness (QED) is 0.515. The molecule has 7 heteroatoms. The average molecular weight is 533 g/mol. The number of rotatable bonds is 3. The lowest BCUT2D eigenvalue weighted by atomic mass is 9.78. The highest BCUT2D eigenvalue weighted by Gasteiger charge is 2.41. The second-order valence-electron chi connectivity index (χ2n) is 7.07. The van der Waals surface area contributed by atoms with Gasteiger partial charge in [-0.05, 0) is 65.5 Å². The maximum atomic E-state index is 13.1. The standard InChI is InChI=1S/C22H19Br2N3OS/c1-2-18-15(24)10-19(29-18)20-14(11-25)22(26)27(13-8-6-12(23)7-9-13)16-4-3-5-17(28)21(16)20/h6-10,20H,2-5,26H2,1H3. The lowest BCUT2D eigenvalue weighted by Gasteiger charge is -2.39. The van der Waals surface area contributed by atoms with Crippen molar-refractivity contribution in [2.45, 2.75) is 38.5 Å². The van der Waals surface area contributed by atoms with Crippen molar-refractivity contribution in [1.82, 2.24) is 0 Å². The molecule has 2 heterocycles. The molecule has 1 aliphatic carbocycles. The molecule has 2 N–H and O–H groups in total. The van der Waals surface area contributed by atoms with E-state index in [1.165, 1.54) is 4.88 Å². The molecule has 1 aromatic heterocycles. The summed E-state index contributed by atoms with van der Waals surface area (Å²) in [5.41, 5.74) is 9.53. The zero-order chi connectivity index (χ0) is 20.7. The van der Waals surface area contributed by atoms with Crippen LogP contribution in [0, 0.1) is 11.3 Å². The van der Waals surface area contributed by atoms with Crippen molar-refractivity contribution < 1.29 is 4.79 Å². The molecule has 0 saturated heterocycles. The summed E-state index contributed by atoms with van der Waals surface area (Å²) in [5.74, 6) is 0.133. The van der Waals surface area contributed by atoms with Crippen LogP contribution in [0.5, 0.6) is 0 Å². The third-order valence-electron chi connectivity index (χ3n) is 5.38. The van der Waals surface area contributed by atoms with Crippen LogP contribution < -0.4 is 10.6 Å². The molecule has 29 heavy (non-hydrogen) atoms. The number of hydrogen-bond donors (Lipinski definition) is 1. The average Bonchev–Trinajstić information content (AvgIpc) is 3.08. The number of anilines is 1. The Morgan fingerprint density at radius 3 is 2.62 bits per heavy atom. The summed E-state index contributed by atoms with van der Waals surface area (Å²) >= 11 is 8.73. The highest BCUT2D eigenvalue weighted by Crippen LogP contribution is 2.48. The molecule has 0 radical (unpaired) electrons. The van der Waals surface area contributed by atoms with Gasteiger partial charge in [0, 0.05) is 42.1 Å². The van der Waals surface area contributed by atoms with Gasteiger partial charge in [0.1, 0.15) is 5.82 Å². The Balaban J connectivity index is 1.95. The molecular weight excluding hydrogens is 514 g/mol. The number of aryl methyl sites for hydroxylation is 1. The molecule has 1 atom stereocenters. The largest absolute Gasteiger partial charge is 0.384 e. The Kier molecular flexibility index (Phi) is 5.69. The van der Waals surface area contributed by atoms with Crippen LogP contribution in [0.2, 0.25) is 0 Å². The summed E-state index contributed by atoms with van der Waals surface area (Å²) < 4.78 is 1.99. The number of nitrogens with zero attached hydrogens (tertiary/aromatic N) is 2. The second kappa shape index (κ2) is 8.10. The topological polar surface area (TPSA) is 70.1 Å². The van der Waals surface area contributed by atoms with Gasteiger partial charge >= 0.3 is 0 Å². The number of carbonyl (C=O) groups is 1. The maximum Gasteiger partial charge on any atom is 0.161 e. The first kappa shape index (κ1) is 20.4. The molecule has 0 amide bonds. The van der Waals surface area contributed by atoms with Gasteiger partial charge in [-0.3, -0.25) is 9.69 Å². The van der Waals surface area contributed by atoms with E-state index < -0.39 is 5.92 Å². The number of thiophene rings is 1. The number of benzene rings is 1. The third-order valence-corrected chi connectivity index (χ3v) is 8.22. The second-order valence-corrected chi connectivity index (χ2v) is 10.0. The first-order valence-electron chi connectivity index (χ1n) is 9.46. The predicted octanol–water partition coefficient (Wildman–Crippen LogP) is 6.14. The zero-order valence-electron chi connectivity index (χ0n) is 15.8. The molecule has 2 aliphatic rings. The number of allylic oxidation sites excluding steroid dienone is 3. The van der Waals surface area contributed by atoms with Gasteiger partial charge in [-0.25, -0.2) is 0 Å². The minimum Gasteiger partial charge on any atom is -0.384 e. The van der Waals surface area contributed by atoms with Crippen LogP contribution >= 0.6 is 43.2 Å². The summed E-state index contributed by atoms with van der Waals surface area (Å²) in [6.07, 6.45) is 2.96. The van der Waals surface area contributed by atoms with Gasteiger partial charge in [0.15, 0.2) is 5.78 Å². The van der Waals surface area contributed by atoms with E-state index in [1.807, 2.05) is 35.2 Å². The lowest BCUT2D eigenvalue weighted by molar-refractivity contribution is -0.116. The molecule has 1 aliphatic heterocycles. The van der Waals surface area contributed by atoms with Gasteiger partial charge < -0.3 is 5.73 Å². The van der Waals surface area contributed by atoms with Crippen molar-refractivity contribution in [2.75, 3.05) is 4.90 Å². The monoisotopic (exact) mass is 531 g/mol. The van der Waals surface area contributed by atoms with Crippen LogP contribution in [0.4, 0.5) is 5.69 Å². The van der Waals surface area contributed by atoms with Crippen molar-refractivity contribution >= 4 is 54.7 Å². The fourth-order valence-corrected chi connectivity index (χ4v) is 6.37. The fourth-order valence-electron chi connectivity index (χ4n) is 4.07. The SMILES string of the molecule is CCc1sc(C2C(C#N)=C(N)N(c3ccc(Br)cc3)C3=C2C(=O)CCC3)cc1Br. The number of nitriles is 1. The third kappa shape index (κ3) is 3.48. The summed E-state index contributed by atoms with van der Waals surface area (Å²) in [6.45, 7) is 2.10. The number of Topliss-reactive ketones (excluding diaryl/α,β-unsaturated/α-hetero) is 1. The van der Waals surface area contributed by atoms with Gasteiger partial charge in [-0.15, -0.1) is 11.3 Å². The molecular formula is C22H19Br2N3OS. The highest BCUT2D eigenvalue weighted by atomic mass is 79.9. The van der Waals surface area contributed by atoms with Crippen molar-refractivity contribution in [3.05, 3.63) is 71.7 Å². The van der Waals surface area contributed by atoms with E-state index in [-0.39, 0.29) is 5.78 Å². The molecule has 1 aromatic carbocycles. The Hall–Kier alpha value is -1.88. The lowest BCUT2D eigenvalue weighted by Crippen LogP contribution is -2.38. The first-order chi connectivity index (χ1) is 14.0. The first-order valence-corrected chi connectivity index (χ1v) is 11.9. The number of nitrogens with two attached hydrogens (primary N) is 1. The van der Waals surface area contributed by atoms with Gasteiger partial charge in [-0.1, -0.05) is 22.9 Å². The van der Waals surface area contributed by atoms with Gasteiger partial charge in [0.25, 0.3) is 0 Å².